The molecule has 0 unspecified atom stereocenters. The third-order valence-electron chi connectivity index (χ3n) is 1.89. The molecule has 0 spiro atoms. The number of Topliss-reactive ketones (excluding diaryl/α,β-unsaturated/α-hetero) is 1. The number of hydrogen-bond donors (Lipinski definition) is 1. The molecule has 0 radical (unpaired) electrons. The van der Waals surface area contributed by atoms with E-state index >= 15 is 0 Å². The van der Waals surface area contributed by atoms with Gasteiger partial charge in [-0.15, -0.1) is 0 Å². The predicted molar refractivity (Wildman–Crippen MR) is 52.2 cm³/mol. The topological polar surface area (TPSA) is 37.3 Å². The van der Waals surface area contributed by atoms with Gasteiger partial charge in [0.1, 0.15) is 5.82 Å². The van der Waals surface area contributed by atoms with Gasteiger partial charge in [0.2, 0.25) is 0 Å². The van der Waals surface area contributed by atoms with Crippen LogP contribution in [0.5, 0.6) is 0 Å². The second-order valence-electron chi connectivity index (χ2n) is 2.98. The highest BCUT2D eigenvalue weighted by molar-refractivity contribution is 6.34. The Hall–Kier alpha value is -0.930. The predicted octanol–water partition coefficient (Wildman–Crippen LogP) is 2.35. The number of ketones is 1. The number of halogens is 2. The van der Waals surface area contributed by atoms with Crippen LogP contribution in [0.1, 0.15) is 22.3 Å². The summed E-state index contributed by atoms with van der Waals surface area (Å²) >= 11 is 5.76. The fourth-order valence-electron chi connectivity index (χ4n) is 1.10. The molecule has 1 aromatic rings. The molecule has 0 saturated carbocycles. The first kappa shape index (κ1) is 11.1. The van der Waals surface area contributed by atoms with Gasteiger partial charge in [-0.25, -0.2) is 4.39 Å². The van der Waals surface area contributed by atoms with Gasteiger partial charge >= 0.3 is 0 Å². The van der Waals surface area contributed by atoms with Gasteiger partial charge in [0.05, 0.1) is 11.6 Å². The molecule has 2 nitrogen and oxygen atoms in total. The van der Waals surface area contributed by atoms with Gasteiger partial charge < -0.3 is 5.11 Å². The Bertz CT molecular complexity index is 363. The van der Waals surface area contributed by atoms with Crippen molar-refractivity contribution in [3.8, 4) is 0 Å². The zero-order chi connectivity index (χ0) is 10.7. The molecule has 14 heavy (non-hydrogen) atoms. The lowest BCUT2D eigenvalue weighted by Gasteiger charge is -2.04. The van der Waals surface area contributed by atoms with Crippen LogP contribution in [0.25, 0.3) is 0 Å². The van der Waals surface area contributed by atoms with Crippen LogP contribution in [0.2, 0.25) is 5.02 Å². The Kier molecular flexibility index (Phi) is 3.61. The molecule has 0 saturated heterocycles. The lowest BCUT2D eigenvalue weighted by molar-refractivity contribution is 0.0956. The summed E-state index contributed by atoms with van der Waals surface area (Å²) < 4.78 is 13.1. The van der Waals surface area contributed by atoms with E-state index in [1.54, 1.807) is 6.92 Å². The summed E-state index contributed by atoms with van der Waals surface area (Å²) in [5, 5.41) is 8.78. The molecule has 0 aliphatic rings. The lowest BCUT2D eigenvalue weighted by atomic mass is 10.1. The Morgan fingerprint density at radius 1 is 1.57 bits per heavy atom. The first-order valence-corrected chi connectivity index (χ1v) is 4.53. The summed E-state index contributed by atoms with van der Waals surface area (Å²) in [6.07, 6.45) is -0.0395. The zero-order valence-electron chi connectivity index (χ0n) is 7.68. The second-order valence-corrected chi connectivity index (χ2v) is 3.39. The van der Waals surface area contributed by atoms with Gasteiger partial charge in [-0.2, -0.15) is 0 Å². The van der Waals surface area contributed by atoms with Gasteiger partial charge in [0, 0.05) is 12.0 Å². The monoisotopic (exact) mass is 216 g/mol. The van der Waals surface area contributed by atoms with Crippen LogP contribution in [-0.4, -0.2) is 17.5 Å². The van der Waals surface area contributed by atoms with Gasteiger partial charge in [0.25, 0.3) is 0 Å². The van der Waals surface area contributed by atoms with Crippen molar-refractivity contribution in [2.75, 3.05) is 6.61 Å². The fraction of sp³-hybridized carbons (Fsp3) is 0.300. The van der Waals surface area contributed by atoms with Crippen LogP contribution in [0, 0.1) is 12.7 Å². The molecule has 1 aromatic carbocycles. The minimum Gasteiger partial charge on any atom is -0.396 e. The number of carbonyl (C=O) groups is 1. The molecule has 0 aromatic heterocycles. The Morgan fingerprint density at radius 2 is 2.21 bits per heavy atom. The number of hydrogen-bond acceptors (Lipinski definition) is 2. The van der Waals surface area contributed by atoms with E-state index in [0.717, 1.165) is 6.07 Å². The fourth-order valence-corrected chi connectivity index (χ4v) is 1.42. The molecular weight excluding hydrogens is 207 g/mol. The average molecular weight is 217 g/mol. The summed E-state index contributed by atoms with van der Waals surface area (Å²) in [4.78, 5) is 11.3. The normalized spacial score (nSPS) is 10.3. The second kappa shape index (κ2) is 4.53. The molecule has 0 bridgehead atoms. The van der Waals surface area contributed by atoms with Crippen molar-refractivity contribution in [1.29, 1.82) is 0 Å². The summed E-state index contributed by atoms with van der Waals surface area (Å²) in [6, 6.07) is 2.51. The van der Waals surface area contributed by atoms with Crippen molar-refractivity contribution in [2.24, 2.45) is 0 Å². The Labute approximate surface area is 86.3 Å². The average Bonchev–Trinajstić information content (AvgIpc) is 2.11. The van der Waals surface area contributed by atoms with Crippen molar-refractivity contribution in [3.63, 3.8) is 0 Å². The standard InChI is InChI=1S/C10H10ClFO2/c1-6-4-8(11)7(5-9(6)12)10(14)2-3-13/h4-5,13H,2-3H2,1H3. The van der Waals surface area contributed by atoms with Crippen molar-refractivity contribution < 1.29 is 14.3 Å². The number of aliphatic hydroxyl groups excluding tert-OH is 1. The smallest absolute Gasteiger partial charge is 0.166 e. The number of rotatable bonds is 3. The van der Waals surface area contributed by atoms with Gasteiger partial charge in [0.15, 0.2) is 5.78 Å². The summed E-state index contributed by atoms with van der Waals surface area (Å²) in [7, 11) is 0. The minimum absolute atomic E-state index is 0.0395. The Balaban J connectivity index is 3.09. The molecule has 76 valence electrons. The highest BCUT2D eigenvalue weighted by atomic mass is 35.5. The first-order chi connectivity index (χ1) is 6.56. The van der Waals surface area contributed by atoms with E-state index < -0.39 is 5.82 Å². The molecule has 1 N–H and O–H groups in total. The molecule has 0 aliphatic carbocycles. The quantitative estimate of drug-likeness (QED) is 0.788. The maximum absolute atomic E-state index is 13.1. The molecule has 0 heterocycles. The van der Waals surface area contributed by atoms with Crippen LogP contribution in [0.3, 0.4) is 0 Å². The highest BCUT2D eigenvalue weighted by Crippen LogP contribution is 2.21. The minimum atomic E-state index is -0.462. The van der Waals surface area contributed by atoms with E-state index in [-0.39, 0.29) is 29.4 Å². The summed E-state index contributed by atoms with van der Waals surface area (Å²) in [5.41, 5.74) is 0.527. The van der Waals surface area contributed by atoms with Crippen LogP contribution in [-0.2, 0) is 0 Å². The van der Waals surface area contributed by atoms with Crippen molar-refractivity contribution in [3.05, 3.63) is 34.1 Å². The molecule has 0 atom stereocenters. The molecule has 0 aliphatic heterocycles. The summed E-state index contributed by atoms with van der Waals surface area (Å²) in [6.45, 7) is 1.31. The molecular formula is C10H10ClFO2. The van der Waals surface area contributed by atoms with E-state index in [1.807, 2.05) is 0 Å². The maximum atomic E-state index is 13.1. The van der Waals surface area contributed by atoms with E-state index in [1.165, 1.54) is 6.07 Å². The van der Waals surface area contributed by atoms with Crippen molar-refractivity contribution >= 4 is 17.4 Å². The van der Waals surface area contributed by atoms with Gasteiger partial charge in [-0.3, -0.25) is 4.79 Å². The molecule has 1 rings (SSSR count). The van der Waals surface area contributed by atoms with Crippen LogP contribution in [0.4, 0.5) is 4.39 Å². The number of aliphatic hydroxyl groups is 1. The maximum Gasteiger partial charge on any atom is 0.166 e. The van der Waals surface area contributed by atoms with Gasteiger partial charge in [-0.1, -0.05) is 11.6 Å². The molecule has 0 amide bonds. The van der Waals surface area contributed by atoms with E-state index in [0.29, 0.717) is 5.56 Å². The highest BCUT2D eigenvalue weighted by Gasteiger charge is 2.12. The van der Waals surface area contributed by atoms with Crippen molar-refractivity contribution in [1.82, 2.24) is 0 Å². The third-order valence-corrected chi connectivity index (χ3v) is 2.20. The third kappa shape index (κ3) is 2.30. The molecule has 4 heteroatoms. The first-order valence-electron chi connectivity index (χ1n) is 4.16. The largest absolute Gasteiger partial charge is 0.396 e. The number of aryl methyl sites for hydroxylation is 1. The van der Waals surface area contributed by atoms with E-state index in [4.69, 9.17) is 16.7 Å². The SMILES string of the molecule is Cc1cc(Cl)c(C(=O)CCO)cc1F. The number of carbonyl (C=O) groups excluding carboxylic acids is 1. The van der Waals surface area contributed by atoms with Crippen molar-refractivity contribution in [2.45, 2.75) is 13.3 Å². The van der Waals surface area contributed by atoms with Crippen LogP contribution in [0.15, 0.2) is 12.1 Å². The summed E-state index contributed by atoms with van der Waals surface area (Å²) in [5.74, 6) is -0.813. The van der Waals surface area contributed by atoms with Crippen LogP contribution < -0.4 is 0 Å². The van der Waals surface area contributed by atoms with E-state index in [9.17, 15) is 9.18 Å². The van der Waals surface area contributed by atoms with Crippen LogP contribution >= 0.6 is 11.6 Å². The van der Waals surface area contributed by atoms with Gasteiger partial charge in [-0.05, 0) is 24.6 Å². The zero-order valence-corrected chi connectivity index (χ0v) is 8.44. The lowest BCUT2D eigenvalue weighted by Crippen LogP contribution is -2.03. The Morgan fingerprint density at radius 3 is 2.79 bits per heavy atom. The molecule has 0 fully saturated rings. The number of benzene rings is 1. The van der Waals surface area contributed by atoms with E-state index in [2.05, 4.69) is 0 Å².